The van der Waals surface area contributed by atoms with Crippen molar-refractivity contribution in [1.29, 1.82) is 10.5 Å². The fourth-order valence-corrected chi connectivity index (χ4v) is 7.36. The van der Waals surface area contributed by atoms with Gasteiger partial charge in [0.1, 0.15) is 11.4 Å². The number of nitriles is 2. The quantitative estimate of drug-likeness (QED) is 0.189. The Labute approximate surface area is 277 Å². The van der Waals surface area contributed by atoms with Crippen molar-refractivity contribution < 1.29 is 31.5 Å². The van der Waals surface area contributed by atoms with Crippen LogP contribution >= 0.6 is 0 Å². The summed E-state index contributed by atoms with van der Waals surface area (Å²) in [4.78, 5) is 21.3. The van der Waals surface area contributed by atoms with Crippen molar-refractivity contribution in [3.05, 3.63) is 119 Å². The number of sulfonamides is 2. The maximum atomic E-state index is 13.6. The first-order chi connectivity index (χ1) is 22.8. The van der Waals surface area contributed by atoms with Crippen LogP contribution in [0.1, 0.15) is 54.9 Å². The number of cyclic esters (lactones) is 1. The molecule has 2 aromatic heterocycles. The van der Waals surface area contributed by atoms with E-state index in [1.165, 1.54) is 48.8 Å². The van der Waals surface area contributed by atoms with Crippen LogP contribution in [0.3, 0.4) is 0 Å². The van der Waals surface area contributed by atoms with Crippen LogP contribution in [-0.4, -0.2) is 37.9 Å². The third-order valence-electron chi connectivity index (χ3n) is 7.83. The fraction of sp³-hybridized carbons (Fsp3) is 0.182. The van der Waals surface area contributed by atoms with E-state index in [0.717, 1.165) is 12.1 Å². The molecule has 0 amide bonds. The van der Waals surface area contributed by atoms with Gasteiger partial charge in [0, 0.05) is 36.1 Å². The number of hydrogen-bond donors (Lipinski definition) is 3. The summed E-state index contributed by atoms with van der Waals surface area (Å²) in [6, 6.07) is 21.3. The van der Waals surface area contributed by atoms with Crippen molar-refractivity contribution in [1.82, 2.24) is 9.97 Å². The minimum atomic E-state index is -4.16. The Balaban J connectivity index is 1.40. The molecule has 0 aliphatic carbocycles. The first-order valence-electron chi connectivity index (χ1n) is 14.4. The second-order valence-corrected chi connectivity index (χ2v) is 14.2. The van der Waals surface area contributed by atoms with E-state index in [1.807, 2.05) is 12.1 Å². The molecule has 1 aliphatic heterocycles. The van der Waals surface area contributed by atoms with Gasteiger partial charge < -0.3 is 9.84 Å². The SMILES string of the molecule is CCC1(c2cccc(NS(=O)(=O)c3cc(C#N)ccn3)c2)CC(O)=C(C(C)c2cccc(NS(=O)(=O)c3cc(C#N)ccn3)c2)C(=O)O1. The molecule has 13 nitrogen and oxygen atoms in total. The molecule has 2 atom stereocenters. The van der Waals surface area contributed by atoms with Crippen molar-refractivity contribution in [3.8, 4) is 12.1 Å². The molecular formula is C33H28N6O7S2. The first kappa shape index (κ1) is 33.6. The Morgan fingerprint density at radius 2 is 1.42 bits per heavy atom. The Kier molecular flexibility index (Phi) is 9.20. The van der Waals surface area contributed by atoms with Crippen molar-refractivity contribution in [3.63, 3.8) is 0 Å². The molecule has 0 fully saturated rings. The van der Waals surface area contributed by atoms with Crippen molar-refractivity contribution in [2.75, 3.05) is 9.44 Å². The van der Waals surface area contributed by atoms with E-state index in [2.05, 4.69) is 19.4 Å². The highest BCUT2D eigenvalue weighted by Crippen LogP contribution is 2.44. The molecule has 5 rings (SSSR count). The van der Waals surface area contributed by atoms with Gasteiger partial charge in [-0.2, -0.15) is 27.4 Å². The lowest BCUT2D eigenvalue weighted by molar-refractivity contribution is -0.161. The number of aliphatic hydroxyl groups excluding tert-OH is 1. The van der Waals surface area contributed by atoms with Gasteiger partial charge in [-0.15, -0.1) is 0 Å². The number of nitrogens with one attached hydrogen (secondary N) is 2. The number of rotatable bonds is 10. The monoisotopic (exact) mass is 684 g/mol. The minimum absolute atomic E-state index is 0.0113. The Hall–Kier alpha value is -5.77. The average Bonchev–Trinajstić information content (AvgIpc) is 3.07. The molecule has 0 radical (unpaired) electrons. The van der Waals surface area contributed by atoms with Gasteiger partial charge in [-0.3, -0.25) is 9.44 Å². The zero-order chi connectivity index (χ0) is 34.7. The normalized spacial score (nSPS) is 17.0. The van der Waals surface area contributed by atoms with Gasteiger partial charge in [-0.25, -0.2) is 14.8 Å². The van der Waals surface area contributed by atoms with E-state index in [9.17, 15) is 26.7 Å². The lowest BCUT2D eigenvalue weighted by Crippen LogP contribution is -2.38. The van der Waals surface area contributed by atoms with Crippen LogP contribution in [0.15, 0.2) is 107 Å². The highest BCUT2D eigenvalue weighted by molar-refractivity contribution is 7.93. The van der Waals surface area contributed by atoms with Crippen molar-refractivity contribution in [2.45, 2.75) is 48.3 Å². The van der Waals surface area contributed by atoms with Crippen LogP contribution in [0.25, 0.3) is 0 Å². The van der Waals surface area contributed by atoms with Crippen LogP contribution in [-0.2, 0) is 35.2 Å². The third kappa shape index (κ3) is 6.83. The van der Waals surface area contributed by atoms with Gasteiger partial charge in [0.15, 0.2) is 10.1 Å². The van der Waals surface area contributed by atoms with Gasteiger partial charge in [0.25, 0.3) is 20.0 Å². The molecule has 0 bridgehead atoms. The molecule has 0 saturated carbocycles. The topological polar surface area (TPSA) is 212 Å². The number of benzene rings is 2. The maximum Gasteiger partial charge on any atom is 0.338 e. The molecule has 1 aliphatic rings. The molecule has 3 N–H and O–H groups in total. The first-order valence-corrected chi connectivity index (χ1v) is 17.4. The van der Waals surface area contributed by atoms with Crippen molar-refractivity contribution in [2.24, 2.45) is 0 Å². The molecule has 2 aromatic carbocycles. The van der Waals surface area contributed by atoms with Crippen LogP contribution in [0, 0.1) is 22.7 Å². The summed E-state index contributed by atoms with van der Waals surface area (Å²) in [7, 11) is -8.31. The molecule has 0 saturated heterocycles. The zero-order valence-corrected chi connectivity index (χ0v) is 27.2. The second-order valence-electron chi connectivity index (χ2n) is 10.9. The number of carbonyl (C=O) groups excluding carboxylic acids is 1. The van der Waals surface area contributed by atoms with Crippen molar-refractivity contribution >= 4 is 37.4 Å². The number of anilines is 2. The Bertz CT molecular complexity index is 2260. The standard InChI is InChI=1S/C33H28N6O7S2/c1-3-33(25-7-5-9-27(17-25)39-48(44,45)30-15-23(20-35)11-13-37-30)18-28(40)31(32(41)46-33)21(2)24-6-4-8-26(16-24)38-47(42,43)29-14-22(19-34)10-12-36-29/h4-17,21,38-40H,3,18H2,1-2H3. The summed E-state index contributed by atoms with van der Waals surface area (Å²) >= 11 is 0. The zero-order valence-electron chi connectivity index (χ0n) is 25.6. The van der Waals surface area contributed by atoms with Crippen LogP contribution in [0.5, 0.6) is 0 Å². The lowest BCUT2D eigenvalue weighted by atomic mass is 9.81. The molecule has 2 unspecified atom stereocenters. The van der Waals surface area contributed by atoms with Gasteiger partial charge in [-0.05, 0) is 66.1 Å². The number of nitrogens with zero attached hydrogens (tertiary/aromatic N) is 4. The minimum Gasteiger partial charge on any atom is -0.512 e. The fourth-order valence-electron chi connectivity index (χ4n) is 5.31. The summed E-state index contributed by atoms with van der Waals surface area (Å²) < 4.78 is 62.7. The second kappa shape index (κ2) is 13.2. The average molecular weight is 685 g/mol. The predicted molar refractivity (Wildman–Crippen MR) is 173 cm³/mol. The van der Waals surface area contributed by atoms with E-state index < -0.39 is 37.5 Å². The maximum absolute atomic E-state index is 13.6. The van der Waals surface area contributed by atoms with Gasteiger partial charge in [0.2, 0.25) is 0 Å². The summed E-state index contributed by atoms with van der Waals surface area (Å²) in [6.45, 7) is 3.43. The lowest BCUT2D eigenvalue weighted by Gasteiger charge is -2.38. The number of esters is 1. The number of aliphatic hydroxyl groups is 1. The smallest absolute Gasteiger partial charge is 0.338 e. The highest BCUT2D eigenvalue weighted by Gasteiger charge is 2.44. The largest absolute Gasteiger partial charge is 0.512 e. The number of ether oxygens (including phenoxy) is 1. The summed E-state index contributed by atoms with van der Waals surface area (Å²) in [5.41, 5.74) is 0.166. The van der Waals surface area contributed by atoms with E-state index in [0.29, 0.717) is 11.1 Å². The number of pyridine rings is 2. The van der Waals surface area contributed by atoms with E-state index >= 15 is 0 Å². The molecule has 4 aromatic rings. The summed E-state index contributed by atoms with van der Waals surface area (Å²) in [5.74, 6) is -1.74. The Morgan fingerprint density at radius 3 is 1.94 bits per heavy atom. The third-order valence-corrected chi connectivity index (χ3v) is 10.4. The molecule has 244 valence electrons. The highest BCUT2D eigenvalue weighted by atomic mass is 32.2. The molecule has 48 heavy (non-hydrogen) atoms. The summed E-state index contributed by atoms with van der Waals surface area (Å²) in [5, 5.41) is 28.8. The van der Waals surface area contributed by atoms with E-state index in [4.69, 9.17) is 15.3 Å². The van der Waals surface area contributed by atoms with Gasteiger partial charge >= 0.3 is 5.97 Å². The number of hydrogen-bond acceptors (Lipinski definition) is 11. The predicted octanol–water partition coefficient (Wildman–Crippen LogP) is 4.99. The number of carbonyl (C=O) groups is 1. The van der Waals surface area contributed by atoms with Gasteiger partial charge in [0.05, 0.1) is 28.8 Å². The van der Waals surface area contributed by atoms with Crippen LogP contribution in [0.2, 0.25) is 0 Å². The molecule has 0 spiro atoms. The van der Waals surface area contributed by atoms with E-state index in [-0.39, 0.29) is 56.7 Å². The molecule has 3 heterocycles. The van der Waals surface area contributed by atoms with Gasteiger partial charge in [-0.1, -0.05) is 38.1 Å². The Morgan fingerprint density at radius 1 is 0.875 bits per heavy atom. The van der Waals surface area contributed by atoms with Crippen LogP contribution < -0.4 is 9.44 Å². The summed E-state index contributed by atoms with van der Waals surface area (Å²) in [6.07, 6.45) is 2.57. The number of aromatic nitrogens is 2. The molecule has 15 heteroatoms. The molecular weight excluding hydrogens is 657 g/mol. The van der Waals surface area contributed by atoms with E-state index in [1.54, 1.807) is 38.1 Å². The van der Waals surface area contributed by atoms with Crippen LogP contribution in [0.4, 0.5) is 11.4 Å².